The molecule has 0 atom stereocenters. The summed E-state index contributed by atoms with van der Waals surface area (Å²) >= 11 is 1.51. The predicted octanol–water partition coefficient (Wildman–Crippen LogP) is 2.68. The molecular formula is C16H18N2O2S. The molecule has 0 bridgehead atoms. The molecule has 1 aromatic heterocycles. The predicted molar refractivity (Wildman–Crippen MR) is 84.3 cm³/mol. The van der Waals surface area contributed by atoms with Gasteiger partial charge in [-0.25, -0.2) is 4.79 Å². The second kappa shape index (κ2) is 5.87. The zero-order valence-corrected chi connectivity index (χ0v) is 12.8. The monoisotopic (exact) mass is 302 g/mol. The van der Waals surface area contributed by atoms with Crippen LogP contribution in [0.3, 0.4) is 0 Å². The van der Waals surface area contributed by atoms with Gasteiger partial charge in [0.05, 0.1) is 12.7 Å². The number of hydrogen-bond donors (Lipinski definition) is 1. The van der Waals surface area contributed by atoms with Crippen molar-refractivity contribution in [3.63, 3.8) is 0 Å². The molecule has 3 rings (SSSR count). The number of hydrogen-bond acceptors (Lipinski definition) is 5. The first-order valence-corrected chi connectivity index (χ1v) is 7.75. The Morgan fingerprint density at radius 2 is 2.14 bits per heavy atom. The van der Waals surface area contributed by atoms with E-state index in [-0.39, 0.29) is 5.97 Å². The number of nitrogens with two attached hydrogens (primary N) is 1. The van der Waals surface area contributed by atoms with Crippen molar-refractivity contribution in [3.05, 3.63) is 51.9 Å². The lowest BCUT2D eigenvalue weighted by Gasteiger charge is -2.27. The van der Waals surface area contributed by atoms with Gasteiger partial charge >= 0.3 is 5.97 Å². The summed E-state index contributed by atoms with van der Waals surface area (Å²) in [4.78, 5) is 15.4. The SMILES string of the molecule is COC(=O)c1c(N)sc2c1CCN(Cc1ccccc1)C2. The summed E-state index contributed by atoms with van der Waals surface area (Å²) in [5.41, 5.74) is 8.96. The first-order chi connectivity index (χ1) is 10.2. The molecule has 0 fully saturated rings. The maximum Gasteiger partial charge on any atom is 0.341 e. The van der Waals surface area contributed by atoms with Crippen molar-refractivity contribution in [3.8, 4) is 0 Å². The molecule has 4 nitrogen and oxygen atoms in total. The van der Waals surface area contributed by atoms with Gasteiger partial charge in [0.2, 0.25) is 0 Å². The zero-order chi connectivity index (χ0) is 14.8. The highest BCUT2D eigenvalue weighted by atomic mass is 32.1. The zero-order valence-electron chi connectivity index (χ0n) is 12.0. The largest absolute Gasteiger partial charge is 0.465 e. The number of ether oxygens (including phenoxy) is 1. The number of nitrogens with zero attached hydrogens (tertiary/aromatic N) is 1. The fraction of sp³-hybridized carbons (Fsp3) is 0.312. The standard InChI is InChI=1S/C16H18N2O2S/c1-20-16(19)14-12-7-8-18(10-13(12)21-15(14)17)9-11-5-3-2-4-6-11/h2-6H,7-10,17H2,1H3. The van der Waals surface area contributed by atoms with Crippen LogP contribution in [0, 0.1) is 0 Å². The van der Waals surface area contributed by atoms with Gasteiger partial charge in [0, 0.05) is 24.5 Å². The fourth-order valence-corrected chi connectivity index (χ4v) is 3.93. The quantitative estimate of drug-likeness (QED) is 0.886. The molecule has 1 aromatic carbocycles. The number of methoxy groups -OCH3 is 1. The van der Waals surface area contributed by atoms with Gasteiger partial charge in [0.25, 0.3) is 0 Å². The average Bonchev–Trinajstić information content (AvgIpc) is 2.82. The minimum absolute atomic E-state index is 0.318. The van der Waals surface area contributed by atoms with E-state index in [0.717, 1.165) is 31.6 Å². The number of benzene rings is 1. The summed E-state index contributed by atoms with van der Waals surface area (Å²) in [6, 6.07) is 10.4. The summed E-state index contributed by atoms with van der Waals surface area (Å²) < 4.78 is 4.84. The average molecular weight is 302 g/mol. The summed E-state index contributed by atoms with van der Waals surface area (Å²) in [5.74, 6) is -0.318. The lowest BCUT2D eigenvalue weighted by atomic mass is 10.0. The molecule has 1 aliphatic heterocycles. The third kappa shape index (κ3) is 2.80. The van der Waals surface area contributed by atoms with Crippen molar-refractivity contribution in [1.29, 1.82) is 0 Å². The van der Waals surface area contributed by atoms with Gasteiger partial charge in [0.15, 0.2) is 0 Å². The van der Waals surface area contributed by atoms with Crippen LogP contribution in [-0.4, -0.2) is 24.5 Å². The second-order valence-electron chi connectivity index (χ2n) is 5.18. The third-order valence-electron chi connectivity index (χ3n) is 3.80. The Labute approximate surface area is 128 Å². The fourth-order valence-electron chi connectivity index (χ4n) is 2.78. The first kappa shape index (κ1) is 14.1. The highest BCUT2D eigenvalue weighted by Gasteiger charge is 2.27. The van der Waals surface area contributed by atoms with Crippen LogP contribution < -0.4 is 5.73 Å². The van der Waals surface area contributed by atoms with Crippen LogP contribution in [-0.2, 0) is 24.2 Å². The molecule has 0 saturated carbocycles. The molecule has 5 heteroatoms. The molecule has 1 aliphatic rings. The Morgan fingerprint density at radius 1 is 1.38 bits per heavy atom. The molecular weight excluding hydrogens is 284 g/mol. The number of esters is 1. The first-order valence-electron chi connectivity index (χ1n) is 6.93. The number of carbonyl (C=O) groups is 1. The maximum atomic E-state index is 11.8. The molecule has 0 amide bonds. The minimum atomic E-state index is -0.318. The minimum Gasteiger partial charge on any atom is -0.465 e. The van der Waals surface area contributed by atoms with Crippen molar-refractivity contribution in [1.82, 2.24) is 4.90 Å². The van der Waals surface area contributed by atoms with Crippen molar-refractivity contribution >= 4 is 22.3 Å². The highest BCUT2D eigenvalue weighted by molar-refractivity contribution is 7.16. The Balaban J connectivity index is 1.79. The number of anilines is 1. The van der Waals surface area contributed by atoms with Crippen LogP contribution in [0.2, 0.25) is 0 Å². The lowest BCUT2D eigenvalue weighted by Crippen LogP contribution is -2.29. The van der Waals surface area contributed by atoms with Gasteiger partial charge < -0.3 is 10.5 Å². The molecule has 0 radical (unpaired) electrons. The number of rotatable bonds is 3. The summed E-state index contributed by atoms with van der Waals surface area (Å²) in [7, 11) is 1.40. The third-order valence-corrected chi connectivity index (χ3v) is 4.85. The Kier molecular flexibility index (Phi) is 3.94. The van der Waals surface area contributed by atoms with E-state index in [9.17, 15) is 4.79 Å². The molecule has 0 unspecified atom stereocenters. The van der Waals surface area contributed by atoms with Crippen molar-refractivity contribution in [2.24, 2.45) is 0 Å². The van der Waals surface area contributed by atoms with E-state index in [2.05, 4.69) is 29.2 Å². The van der Waals surface area contributed by atoms with E-state index in [1.54, 1.807) is 0 Å². The maximum absolute atomic E-state index is 11.8. The van der Waals surface area contributed by atoms with Crippen LogP contribution in [0.15, 0.2) is 30.3 Å². The number of thiophene rings is 1. The summed E-state index contributed by atoms with van der Waals surface area (Å²) in [6.45, 7) is 2.70. The molecule has 2 aromatic rings. The number of carbonyl (C=O) groups excluding carboxylic acids is 1. The molecule has 2 heterocycles. The normalized spacial score (nSPS) is 14.7. The van der Waals surface area contributed by atoms with Gasteiger partial charge in [-0.2, -0.15) is 0 Å². The van der Waals surface area contributed by atoms with Crippen LogP contribution in [0.4, 0.5) is 5.00 Å². The van der Waals surface area contributed by atoms with E-state index in [4.69, 9.17) is 10.5 Å². The highest BCUT2D eigenvalue weighted by Crippen LogP contribution is 2.35. The molecule has 21 heavy (non-hydrogen) atoms. The van der Waals surface area contributed by atoms with Crippen molar-refractivity contribution < 1.29 is 9.53 Å². The van der Waals surface area contributed by atoms with Crippen LogP contribution >= 0.6 is 11.3 Å². The smallest absolute Gasteiger partial charge is 0.341 e. The van der Waals surface area contributed by atoms with E-state index in [0.29, 0.717) is 10.6 Å². The van der Waals surface area contributed by atoms with Crippen LogP contribution in [0.1, 0.15) is 26.4 Å². The summed E-state index contributed by atoms with van der Waals surface area (Å²) in [5, 5.41) is 0.577. The van der Waals surface area contributed by atoms with Crippen molar-refractivity contribution in [2.45, 2.75) is 19.5 Å². The van der Waals surface area contributed by atoms with Gasteiger partial charge in [-0.05, 0) is 17.5 Å². The summed E-state index contributed by atoms with van der Waals surface area (Å²) in [6.07, 6.45) is 0.848. The van der Waals surface area contributed by atoms with E-state index in [1.165, 1.54) is 28.9 Å². The van der Waals surface area contributed by atoms with Crippen molar-refractivity contribution in [2.75, 3.05) is 19.4 Å². The van der Waals surface area contributed by atoms with E-state index < -0.39 is 0 Å². The molecule has 110 valence electrons. The topological polar surface area (TPSA) is 55.6 Å². The second-order valence-corrected chi connectivity index (χ2v) is 6.32. The Bertz CT molecular complexity index is 652. The lowest BCUT2D eigenvalue weighted by molar-refractivity contribution is 0.0600. The van der Waals surface area contributed by atoms with Gasteiger partial charge in [-0.3, -0.25) is 4.90 Å². The molecule has 0 saturated heterocycles. The van der Waals surface area contributed by atoms with Gasteiger partial charge in [-0.1, -0.05) is 30.3 Å². The Morgan fingerprint density at radius 3 is 2.86 bits per heavy atom. The number of fused-ring (bicyclic) bond motifs is 1. The van der Waals surface area contributed by atoms with Gasteiger partial charge in [-0.15, -0.1) is 11.3 Å². The van der Waals surface area contributed by atoms with Crippen LogP contribution in [0.5, 0.6) is 0 Å². The van der Waals surface area contributed by atoms with E-state index in [1.807, 2.05) is 6.07 Å². The Hall–Kier alpha value is -1.85. The molecule has 2 N–H and O–H groups in total. The molecule has 0 spiro atoms. The molecule has 0 aliphatic carbocycles. The van der Waals surface area contributed by atoms with E-state index >= 15 is 0 Å². The van der Waals surface area contributed by atoms with Gasteiger partial charge in [0.1, 0.15) is 5.00 Å². The van der Waals surface area contributed by atoms with Crippen LogP contribution in [0.25, 0.3) is 0 Å². The number of nitrogen functional groups attached to an aromatic ring is 1.